The van der Waals surface area contributed by atoms with Crippen molar-refractivity contribution >= 4 is 0 Å². The molecule has 0 saturated heterocycles. The van der Waals surface area contributed by atoms with Gasteiger partial charge in [-0.2, -0.15) is 0 Å². The number of aromatic nitrogens is 2. The second-order valence-corrected chi connectivity index (χ2v) is 4.01. The Morgan fingerprint density at radius 3 is 2.87 bits per heavy atom. The first-order chi connectivity index (χ1) is 7.38. The number of ether oxygens (including phenoxy) is 1. The molecule has 1 heterocycles. The van der Waals surface area contributed by atoms with E-state index < -0.39 is 0 Å². The van der Waals surface area contributed by atoms with Crippen molar-refractivity contribution in [2.45, 2.75) is 32.2 Å². The van der Waals surface area contributed by atoms with Crippen LogP contribution in [-0.4, -0.2) is 16.6 Å². The lowest BCUT2D eigenvalue weighted by Gasteiger charge is -2.10. The van der Waals surface area contributed by atoms with E-state index in [0.29, 0.717) is 18.3 Å². The van der Waals surface area contributed by atoms with Gasteiger partial charge in [-0.25, -0.2) is 4.98 Å². The first kappa shape index (κ1) is 10.4. The molecule has 0 amide bonds. The first-order valence-electron chi connectivity index (χ1n) is 5.52. The van der Waals surface area contributed by atoms with Crippen LogP contribution in [0, 0.1) is 5.92 Å². The molecule has 2 rings (SSSR count). The van der Waals surface area contributed by atoms with Gasteiger partial charge in [0.15, 0.2) is 0 Å². The van der Waals surface area contributed by atoms with Gasteiger partial charge in [0.2, 0.25) is 5.88 Å². The van der Waals surface area contributed by atoms with Crippen LogP contribution in [0.4, 0.5) is 0 Å². The quantitative estimate of drug-likeness (QED) is 0.812. The molecular formula is C11H17N3O. The molecule has 0 unspecified atom stereocenters. The van der Waals surface area contributed by atoms with Gasteiger partial charge in [-0.15, -0.1) is 0 Å². The molecular weight excluding hydrogens is 190 g/mol. The fraction of sp³-hybridized carbons (Fsp3) is 0.636. The summed E-state index contributed by atoms with van der Waals surface area (Å²) in [7, 11) is 0. The van der Waals surface area contributed by atoms with E-state index >= 15 is 0 Å². The maximum atomic E-state index is 5.60. The van der Waals surface area contributed by atoms with Gasteiger partial charge in [0.25, 0.3) is 0 Å². The third-order valence-electron chi connectivity index (χ3n) is 2.81. The van der Waals surface area contributed by atoms with Crippen LogP contribution >= 0.6 is 0 Å². The first-order valence-corrected chi connectivity index (χ1v) is 5.52. The molecule has 1 aromatic rings. The molecule has 1 aliphatic carbocycles. The summed E-state index contributed by atoms with van der Waals surface area (Å²) in [5, 5.41) is 0. The molecule has 4 nitrogen and oxygen atoms in total. The van der Waals surface area contributed by atoms with Crippen molar-refractivity contribution in [3.8, 4) is 5.88 Å². The van der Waals surface area contributed by atoms with Gasteiger partial charge in [-0.05, 0) is 18.8 Å². The van der Waals surface area contributed by atoms with Crippen LogP contribution in [-0.2, 0) is 6.54 Å². The Bertz CT molecular complexity index is 310. The Balaban J connectivity index is 1.86. The molecule has 0 spiro atoms. The van der Waals surface area contributed by atoms with Crippen molar-refractivity contribution in [2.75, 3.05) is 6.61 Å². The largest absolute Gasteiger partial charge is 0.476 e. The fourth-order valence-corrected chi connectivity index (χ4v) is 1.93. The van der Waals surface area contributed by atoms with E-state index in [2.05, 4.69) is 9.97 Å². The van der Waals surface area contributed by atoms with Crippen molar-refractivity contribution in [3.63, 3.8) is 0 Å². The zero-order valence-corrected chi connectivity index (χ0v) is 8.85. The van der Waals surface area contributed by atoms with Crippen LogP contribution in [0.5, 0.6) is 5.88 Å². The molecule has 2 N–H and O–H groups in total. The zero-order valence-electron chi connectivity index (χ0n) is 8.85. The van der Waals surface area contributed by atoms with E-state index in [1.807, 2.05) is 0 Å². The van der Waals surface area contributed by atoms with Crippen molar-refractivity contribution in [3.05, 3.63) is 18.1 Å². The highest BCUT2D eigenvalue weighted by Gasteiger charge is 2.15. The van der Waals surface area contributed by atoms with Crippen molar-refractivity contribution in [1.82, 2.24) is 9.97 Å². The smallest absolute Gasteiger partial charge is 0.232 e. The maximum absolute atomic E-state index is 5.60. The second kappa shape index (κ2) is 5.07. The van der Waals surface area contributed by atoms with E-state index in [4.69, 9.17) is 10.5 Å². The van der Waals surface area contributed by atoms with E-state index in [0.717, 1.165) is 12.3 Å². The highest BCUT2D eigenvalue weighted by Crippen LogP contribution is 2.25. The molecule has 0 bridgehead atoms. The van der Waals surface area contributed by atoms with E-state index in [9.17, 15) is 0 Å². The average Bonchev–Trinajstić information content (AvgIpc) is 2.79. The molecule has 0 aliphatic heterocycles. The lowest BCUT2D eigenvalue weighted by atomic mass is 10.1. The third-order valence-corrected chi connectivity index (χ3v) is 2.81. The zero-order chi connectivity index (χ0) is 10.5. The summed E-state index contributed by atoms with van der Waals surface area (Å²) in [6.45, 7) is 1.18. The van der Waals surface area contributed by atoms with E-state index in [-0.39, 0.29) is 0 Å². The molecule has 15 heavy (non-hydrogen) atoms. The molecule has 1 aliphatic rings. The molecule has 1 aromatic heterocycles. The Morgan fingerprint density at radius 1 is 1.33 bits per heavy atom. The summed E-state index contributed by atoms with van der Waals surface area (Å²) in [5.74, 6) is 1.30. The minimum atomic E-state index is 0.410. The number of nitrogens with zero attached hydrogens (tertiary/aromatic N) is 2. The topological polar surface area (TPSA) is 61.0 Å². The Labute approximate surface area is 89.9 Å². The highest BCUT2D eigenvalue weighted by atomic mass is 16.5. The Kier molecular flexibility index (Phi) is 3.50. The molecule has 0 radical (unpaired) electrons. The monoisotopic (exact) mass is 207 g/mol. The van der Waals surface area contributed by atoms with Gasteiger partial charge < -0.3 is 10.5 Å². The minimum absolute atomic E-state index is 0.410. The van der Waals surface area contributed by atoms with Crippen LogP contribution < -0.4 is 10.5 Å². The summed E-state index contributed by atoms with van der Waals surface area (Å²) in [4.78, 5) is 8.28. The van der Waals surface area contributed by atoms with Gasteiger partial charge in [0, 0.05) is 12.7 Å². The molecule has 0 atom stereocenters. The summed E-state index contributed by atoms with van der Waals surface area (Å²) in [5.41, 5.74) is 6.26. The van der Waals surface area contributed by atoms with E-state index in [1.54, 1.807) is 12.4 Å². The lowest BCUT2D eigenvalue weighted by Crippen LogP contribution is -2.10. The number of hydrogen-bond acceptors (Lipinski definition) is 4. The number of hydrogen-bond donors (Lipinski definition) is 1. The van der Waals surface area contributed by atoms with Crippen LogP contribution in [0.25, 0.3) is 0 Å². The van der Waals surface area contributed by atoms with Gasteiger partial charge in [-0.3, -0.25) is 4.98 Å². The maximum Gasteiger partial charge on any atom is 0.232 e. The standard InChI is InChI=1S/C11H17N3O/c12-5-10-6-13-7-11(14-10)15-8-9-3-1-2-4-9/h6-7,9H,1-5,8,12H2. The SMILES string of the molecule is NCc1cncc(OCC2CCCC2)n1. The third kappa shape index (κ3) is 2.89. The summed E-state index contributed by atoms with van der Waals surface area (Å²) in [6.07, 6.45) is 8.55. The molecule has 1 saturated carbocycles. The molecule has 0 aromatic carbocycles. The molecule has 1 fully saturated rings. The predicted molar refractivity (Wildman–Crippen MR) is 57.4 cm³/mol. The predicted octanol–water partition coefficient (Wildman–Crippen LogP) is 1.50. The molecule has 82 valence electrons. The number of nitrogens with two attached hydrogens (primary N) is 1. The van der Waals surface area contributed by atoms with Gasteiger partial charge in [0.1, 0.15) is 0 Å². The van der Waals surface area contributed by atoms with Crippen molar-refractivity contribution < 1.29 is 4.74 Å². The van der Waals surface area contributed by atoms with Gasteiger partial charge in [-0.1, -0.05) is 12.8 Å². The van der Waals surface area contributed by atoms with Crippen molar-refractivity contribution in [1.29, 1.82) is 0 Å². The van der Waals surface area contributed by atoms with Crippen LogP contribution in [0.2, 0.25) is 0 Å². The Hall–Kier alpha value is -1.16. The second-order valence-electron chi connectivity index (χ2n) is 4.01. The van der Waals surface area contributed by atoms with E-state index in [1.165, 1.54) is 25.7 Å². The number of rotatable bonds is 4. The van der Waals surface area contributed by atoms with Crippen LogP contribution in [0.3, 0.4) is 0 Å². The summed E-state index contributed by atoms with van der Waals surface area (Å²) < 4.78 is 5.60. The van der Waals surface area contributed by atoms with Crippen LogP contribution in [0.15, 0.2) is 12.4 Å². The summed E-state index contributed by atoms with van der Waals surface area (Å²) >= 11 is 0. The summed E-state index contributed by atoms with van der Waals surface area (Å²) in [6, 6.07) is 0. The van der Waals surface area contributed by atoms with Gasteiger partial charge >= 0.3 is 0 Å². The van der Waals surface area contributed by atoms with Crippen LogP contribution in [0.1, 0.15) is 31.4 Å². The van der Waals surface area contributed by atoms with Gasteiger partial charge in [0.05, 0.1) is 18.5 Å². The fourth-order valence-electron chi connectivity index (χ4n) is 1.93. The highest BCUT2D eigenvalue weighted by molar-refractivity contribution is 5.08. The average molecular weight is 207 g/mol. The normalized spacial score (nSPS) is 16.9. The van der Waals surface area contributed by atoms with Crippen molar-refractivity contribution in [2.24, 2.45) is 11.7 Å². The lowest BCUT2D eigenvalue weighted by molar-refractivity contribution is 0.242. The minimum Gasteiger partial charge on any atom is -0.476 e. The Morgan fingerprint density at radius 2 is 2.13 bits per heavy atom. The molecule has 4 heteroatoms.